The van der Waals surface area contributed by atoms with Gasteiger partial charge in [0, 0.05) is 32.0 Å². The van der Waals surface area contributed by atoms with Gasteiger partial charge >= 0.3 is 0 Å². The second-order valence-corrected chi connectivity index (χ2v) is 9.09. The van der Waals surface area contributed by atoms with Crippen LogP contribution in [0.25, 0.3) is 28.0 Å². The van der Waals surface area contributed by atoms with Crippen LogP contribution < -0.4 is 5.73 Å². The minimum absolute atomic E-state index is 0.0154. The van der Waals surface area contributed by atoms with Gasteiger partial charge in [-0.3, -0.25) is 4.79 Å². The molecular weight excluding hydrogens is 430 g/mol. The molecule has 176 valence electrons. The number of nitrogens with two attached hydrogens (primary N) is 1. The highest BCUT2D eigenvalue weighted by Gasteiger charge is 2.38. The lowest BCUT2D eigenvalue weighted by Crippen LogP contribution is -2.43. The van der Waals surface area contributed by atoms with E-state index in [0.717, 1.165) is 61.8 Å². The van der Waals surface area contributed by atoms with E-state index in [1.165, 1.54) is 18.0 Å². The number of carbonyl (C=O) groups is 1. The summed E-state index contributed by atoms with van der Waals surface area (Å²) in [7, 11) is 0. The third-order valence-electron chi connectivity index (χ3n) is 7.30. The van der Waals surface area contributed by atoms with Gasteiger partial charge in [-0.1, -0.05) is 12.7 Å². The van der Waals surface area contributed by atoms with Crippen molar-refractivity contribution in [1.29, 1.82) is 0 Å². The first-order valence-corrected chi connectivity index (χ1v) is 11.7. The van der Waals surface area contributed by atoms with Crippen molar-refractivity contribution in [2.45, 2.75) is 38.6 Å². The molecule has 0 aromatic carbocycles. The van der Waals surface area contributed by atoms with Gasteiger partial charge in [0.15, 0.2) is 5.82 Å². The highest BCUT2D eigenvalue weighted by Crippen LogP contribution is 2.48. The quantitative estimate of drug-likeness (QED) is 0.562. The molecule has 9 heteroatoms. The Kier molecular flexibility index (Phi) is 5.87. The number of aliphatic hydroxyl groups excluding tert-OH is 1. The molecule has 0 radical (unpaired) electrons. The molecule has 3 N–H and O–H groups in total. The van der Waals surface area contributed by atoms with Crippen LogP contribution in [0.3, 0.4) is 0 Å². The fourth-order valence-corrected chi connectivity index (χ4v) is 5.43. The van der Waals surface area contributed by atoms with Gasteiger partial charge in [-0.15, -0.1) is 0 Å². The molecule has 34 heavy (non-hydrogen) atoms. The van der Waals surface area contributed by atoms with E-state index >= 15 is 0 Å². The van der Waals surface area contributed by atoms with Gasteiger partial charge in [0.25, 0.3) is 0 Å². The normalized spacial score (nSPS) is 17.7. The number of rotatable bonds is 5. The van der Waals surface area contributed by atoms with Crippen LogP contribution in [0.5, 0.6) is 0 Å². The van der Waals surface area contributed by atoms with E-state index in [9.17, 15) is 9.90 Å². The van der Waals surface area contributed by atoms with E-state index in [1.807, 2.05) is 9.47 Å². The molecule has 1 spiro atoms. The fourth-order valence-electron chi connectivity index (χ4n) is 5.43. The largest absolute Gasteiger partial charge is 0.395 e. The number of anilines is 1. The summed E-state index contributed by atoms with van der Waals surface area (Å²) in [6.45, 7) is 5.52. The summed E-state index contributed by atoms with van der Waals surface area (Å²) in [5.74, 6) is 0.956. The zero-order valence-electron chi connectivity index (χ0n) is 19.2. The Morgan fingerprint density at radius 1 is 1.18 bits per heavy atom. The molecule has 1 aliphatic carbocycles. The smallest absolute Gasteiger partial charge is 0.245 e. The number of piperidine rings is 1. The van der Waals surface area contributed by atoms with Gasteiger partial charge < -0.3 is 20.3 Å². The zero-order valence-corrected chi connectivity index (χ0v) is 19.2. The lowest BCUT2D eigenvalue weighted by molar-refractivity contribution is -0.128. The molecule has 0 atom stereocenters. The molecule has 0 bridgehead atoms. The van der Waals surface area contributed by atoms with Gasteiger partial charge in [-0.2, -0.15) is 0 Å². The van der Waals surface area contributed by atoms with Crippen molar-refractivity contribution in [3.8, 4) is 11.4 Å². The molecule has 4 heterocycles. The molecule has 1 fully saturated rings. The first kappa shape index (κ1) is 22.2. The monoisotopic (exact) mass is 459 g/mol. The second kappa shape index (κ2) is 8.98. The maximum Gasteiger partial charge on any atom is 0.245 e. The summed E-state index contributed by atoms with van der Waals surface area (Å²) in [6.07, 6.45) is 13.4. The van der Waals surface area contributed by atoms with E-state index in [2.05, 4.69) is 32.6 Å². The van der Waals surface area contributed by atoms with Crippen LogP contribution >= 0.6 is 0 Å². The van der Waals surface area contributed by atoms with Gasteiger partial charge in [-0.05, 0) is 55.2 Å². The number of amides is 1. The molecule has 0 unspecified atom stereocenters. The second-order valence-electron chi connectivity index (χ2n) is 9.09. The molecular formula is C25H29N7O2. The molecule has 9 nitrogen and oxygen atoms in total. The molecule has 2 aliphatic rings. The third kappa shape index (κ3) is 3.75. The Bertz CT molecular complexity index is 1260. The Hall–Kier alpha value is -3.59. The van der Waals surface area contributed by atoms with Crippen molar-refractivity contribution in [3.63, 3.8) is 0 Å². The average molecular weight is 460 g/mol. The number of allylic oxidation sites excluding steroid dienone is 2. The number of hydrogen-bond acceptors (Lipinski definition) is 7. The predicted octanol–water partition coefficient (Wildman–Crippen LogP) is 2.82. The van der Waals surface area contributed by atoms with Crippen LogP contribution in [0.4, 0.5) is 5.82 Å². The Labute approximate surface area is 198 Å². The lowest BCUT2D eigenvalue weighted by Gasteiger charge is -2.43. The Morgan fingerprint density at radius 3 is 2.59 bits per heavy atom. The molecule has 1 aliphatic heterocycles. The van der Waals surface area contributed by atoms with E-state index in [-0.39, 0.29) is 17.9 Å². The zero-order chi connectivity index (χ0) is 23.7. The third-order valence-corrected chi connectivity index (χ3v) is 7.30. The summed E-state index contributed by atoms with van der Waals surface area (Å²) < 4.78 is 2.02. The van der Waals surface area contributed by atoms with Crippen LogP contribution in [-0.2, 0) is 11.3 Å². The van der Waals surface area contributed by atoms with Gasteiger partial charge in [0.2, 0.25) is 5.91 Å². The first-order chi connectivity index (χ1) is 16.6. The Morgan fingerprint density at radius 2 is 1.94 bits per heavy atom. The average Bonchev–Trinajstić information content (AvgIpc) is 3.21. The van der Waals surface area contributed by atoms with Gasteiger partial charge in [0.05, 0.1) is 23.3 Å². The topological polar surface area (TPSA) is 123 Å². The predicted molar refractivity (Wildman–Crippen MR) is 130 cm³/mol. The minimum Gasteiger partial charge on any atom is -0.395 e. The number of nitrogen functional groups attached to an aromatic ring is 1. The van der Waals surface area contributed by atoms with Crippen molar-refractivity contribution in [2.75, 3.05) is 25.4 Å². The van der Waals surface area contributed by atoms with E-state index in [1.54, 1.807) is 18.5 Å². The summed E-state index contributed by atoms with van der Waals surface area (Å²) in [6, 6.07) is 1.78. The van der Waals surface area contributed by atoms with Crippen LogP contribution in [0.2, 0.25) is 0 Å². The number of hydrogen-bond donors (Lipinski definition) is 2. The van der Waals surface area contributed by atoms with Crippen LogP contribution in [-0.4, -0.2) is 60.1 Å². The van der Waals surface area contributed by atoms with Crippen LogP contribution in [0.15, 0.2) is 43.5 Å². The van der Waals surface area contributed by atoms with Gasteiger partial charge in [0.1, 0.15) is 17.8 Å². The molecule has 3 aromatic heterocycles. The fraction of sp³-hybridized carbons (Fsp3) is 0.400. The SMILES string of the molecule is C=CC(=O)N1CCC2(CC=C(c3c(-c4ncccn4)c4c(N)ncnc4n3CCO)CC2)CC1. The standard InChI is InChI=1S/C25H29N7O2/c1-2-18(34)31-12-8-25(9-13-31)6-4-17(5-7-25)21-19(23-27-10-3-11-28-23)20-22(26)29-16-30-24(20)32(21)14-15-33/h2-4,10-11,16,33H,1,5-9,12-15H2,(H2,26,29,30). The van der Waals surface area contributed by atoms with Crippen LogP contribution in [0.1, 0.15) is 37.8 Å². The molecule has 0 saturated carbocycles. The number of aliphatic hydroxyl groups is 1. The number of likely N-dealkylation sites (tertiary alicyclic amines) is 1. The summed E-state index contributed by atoms with van der Waals surface area (Å²) >= 11 is 0. The molecule has 5 rings (SSSR count). The minimum atomic E-state index is -0.0276. The van der Waals surface area contributed by atoms with E-state index in [4.69, 9.17) is 5.73 Å². The highest BCUT2D eigenvalue weighted by atomic mass is 16.3. The molecule has 1 amide bonds. The highest BCUT2D eigenvalue weighted by molar-refractivity contribution is 6.04. The number of aromatic nitrogens is 5. The molecule has 3 aromatic rings. The van der Waals surface area contributed by atoms with E-state index in [0.29, 0.717) is 23.8 Å². The van der Waals surface area contributed by atoms with Crippen molar-refractivity contribution >= 4 is 28.3 Å². The summed E-state index contributed by atoms with van der Waals surface area (Å²) in [5, 5.41) is 10.6. The van der Waals surface area contributed by atoms with Crippen molar-refractivity contribution in [3.05, 3.63) is 49.2 Å². The lowest BCUT2D eigenvalue weighted by atomic mass is 9.68. The number of nitrogens with zero attached hydrogens (tertiary/aromatic N) is 6. The van der Waals surface area contributed by atoms with E-state index < -0.39 is 0 Å². The maximum absolute atomic E-state index is 12.0. The number of carbonyl (C=O) groups excluding carboxylic acids is 1. The number of fused-ring (bicyclic) bond motifs is 1. The first-order valence-electron chi connectivity index (χ1n) is 11.7. The summed E-state index contributed by atoms with van der Waals surface area (Å²) in [4.78, 5) is 31.7. The maximum atomic E-state index is 12.0. The van der Waals surface area contributed by atoms with Crippen LogP contribution in [0, 0.1) is 5.41 Å². The van der Waals surface area contributed by atoms with Crippen molar-refractivity contribution < 1.29 is 9.90 Å². The Balaban J connectivity index is 1.57. The summed E-state index contributed by atoms with van der Waals surface area (Å²) in [5.41, 5.74) is 10.2. The van der Waals surface area contributed by atoms with Gasteiger partial charge in [-0.25, -0.2) is 19.9 Å². The molecule has 1 saturated heterocycles. The van der Waals surface area contributed by atoms with Crippen molar-refractivity contribution in [1.82, 2.24) is 29.4 Å². The van der Waals surface area contributed by atoms with Crippen molar-refractivity contribution in [2.24, 2.45) is 5.41 Å².